The van der Waals surface area contributed by atoms with E-state index in [9.17, 15) is 9.18 Å². The van der Waals surface area contributed by atoms with Crippen LogP contribution in [0.5, 0.6) is 0 Å². The van der Waals surface area contributed by atoms with Crippen molar-refractivity contribution < 1.29 is 9.18 Å². The highest BCUT2D eigenvalue weighted by molar-refractivity contribution is 5.97. The van der Waals surface area contributed by atoms with Crippen molar-refractivity contribution in [3.8, 4) is 28.2 Å². The van der Waals surface area contributed by atoms with E-state index in [1.807, 2.05) is 54.6 Å². The van der Waals surface area contributed by atoms with E-state index >= 15 is 0 Å². The predicted octanol–water partition coefficient (Wildman–Crippen LogP) is 6.71. The number of hydrogen-bond donors (Lipinski definition) is 1. The van der Waals surface area contributed by atoms with Crippen molar-refractivity contribution in [2.24, 2.45) is 5.10 Å². The van der Waals surface area contributed by atoms with Gasteiger partial charge in [-0.1, -0.05) is 78.9 Å². The standard InChI is InChI=1S/C30H22FN3O/c31-26-18-16-24(17-19-26)30(35)33-32-21-25-20-28(22-10-4-1-5-11-22)34(27-14-8-3-9-15-27)29(25)23-12-6-2-7-13-23/h1-21H,(H,33,35)/b32-21-. The highest BCUT2D eigenvalue weighted by atomic mass is 19.1. The van der Waals surface area contributed by atoms with Gasteiger partial charge in [-0.25, -0.2) is 9.82 Å². The molecule has 0 aliphatic carbocycles. The summed E-state index contributed by atoms with van der Waals surface area (Å²) in [5, 5.41) is 4.24. The third-order valence-corrected chi connectivity index (χ3v) is 5.64. The second-order valence-corrected chi connectivity index (χ2v) is 7.94. The molecular formula is C30H22FN3O. The SMILES string of the molecule is O=C(N/N=C\c1cc(-c2ccccc2)n(-c2ccccc2)c1-c1ccccc1)c1ccc(F)cc1. The molecule has 0 saturated heterocycles. The summed E-state index contributed by atoms with van der Waals surface area (Å²) in [6.07, 6.45) is 1.65. The van der Waals surface area contributed by atoms with E-state index in [-0.39, 0.29) is 0 Å². The Morgan fingerprint density at radius 1 is 0.743 bits per heavy atom. The van der Waals surface area contributed by atoms with Crippen LogP contribution in [0.1, 0.15) is 15.9 Å². The van der Waals surface area contributed by atoms with E-state index in [4.69, 9.17) is 0 Å². The fourth-order valence-electron chi connectivity index (χ4n) is 4.01. The monoisotopic (exact) mass is 459 g/mol. The van der Waals surface area contributed by atoms with E-state index in [0.717, 1.165) is 33.8 Å². The van der Waals surface area contributed by atoms with E-state index in [2.05, 4.69) is 57.6 Å². The van der Waals surface area contributed by atoms with Gasteiger partial charge >= 0.3 is 0 Å². The maximum atomic E-state index is 13.2. The summed E-state index contributed by atoms with van der Waals surface area (Å²) in [6, 6.07) is 37.8. The van der Waals surface area contributed by atoms with Crippen LogP contribution in [0.3, 0.4) is 0 Å². The van der Waals surface area contributed by atoms with Crippen LogP contribution in [0, 0.1) is 5.82 Å². The quantitative estimate of drug-likeness (QED) is 0.223. The lowest BCUT2D eigenvalue weighted by atomic mass is 10.1. The first-order valence-corrected chi connectivity index (χ1v) is 11.2. The van der Waals surface area contributed by atoms with Crippen molar-refractivity contribution in [3.63, 3.8) is 0 Å². The number of halogens is 1. The normalized spacial score (nSPS) is 11.0. The Kier molecular flexibility index (Phi) is 6.31. The van der Waals surface area contributed by atoms with E-state index in [1.54, 1.807) is 6.21 Å². The molecule has 0 saturated carbocycles. The molecule has 5 rings (SSSR count). The number of hydrogen-bond acceptors (Lipinski definition) is 2. The average Bonchev–Trinajstić information content (AvgIpc) is 3.30. The van der Waals surface area contributed by atoms with Gasteiger partial charge in [-0.15, -0.1) is 0 Å². The fraction of sp³-hybridized carbons (Fsp3) is 0. The Labute approximate surface area is 203 Å². The first kappa shape index (κ1) is 22.0. The van der Waals surface area contributed by atoms with Gasteiger partial charge in [-0.05, 0) is 53.6 Å². The van der Waals surface area contributed by atoms with Crippen molar-refractivity contribution in [1.82, 2.24) is 9.99 Å². The molecule has 0 fully saturated rings. The summed E-state index contributed by atoms with van der Waals surface area (Å²) < 4.78 is 15.4. The molecule has 4 aromatic carbocycles. The van der Waals surface area contributed by atoms with Crippen LogP contribution in [-0.2, 0) is 0 Å². The molecule has 0 atom stereocenters. The minimum Gasteiger partial charge on any atom is -0.309 e. The number of carbonyl (C=O) groups excluding carboxylic acids is 1. The molecule has 0 aliphatic heterocycles. The summed E-state index contributed by atoms with van der Waals surface area (Å²) >= 11 is 0. The molecule has 0 unspecified atom stereocenters. The van der Waals surface area contributed by atoms with Gasteiger partial charge in [0.05, 0.1) is 17.6 Å². The number of aromatic nitrogens is 1. The van der Waals surface area contributed by atoms with Gasteiger partial charge in [0.25, 0.3) is 5.91 Å². The summed E-state index contributed by atoms with van der Waals surface area (Å²) in [5.74, 6) is -0.804. The second kappa shape index (κ2) is 10.0. The van der Waals surface area contributed by atoms with Crippen LogP contribution in [0.15, 0.2) is 126 Å². The second-order valence-electron chi connectivity index (χ2n) is 7.94. The first-order chi connectivity index (χ1) is 17.2. The molecule has 0 bridgehead atoms. The number of amides is 1. The maximum Gasteiger partial charge on any atom is 0.271 e. The largest absolute Gasteiger partial charge is 0.309 e. The summed E-state index contributed by atoms with van der Waals surface area (Å²) in [4.78, 5) is 12.5. The smallest absolute Gasteiger partial charge is 0.271 e. The molecule has 4 nitrogen and oxygen atoms in total. The van der Waals surface area contributed by atoms with Crippen LogP contribution >= 0.6 is 0 Å². The zero-order chi connectivity index (χ0) is 24.0. The van der Waals surface area contributed by atoms with E-state index < -0.39 is 11.7 Å². The zero-order valence-corrected chi connectivity index (χ0v) is 18.8. The van der Waals surface area contributed by atoms with Crippen LogP contribution in [0.25, 0.3) is 28.2 Å². The lowest BCUT2D eigenvalue weighted by Crippen LogP contribution is -2.17. The van der Waals surface area contributed by atoms with Crippen molar-refractivity contribution in [1.29, 1.82) is 0 Å². The molecule has 35 heavy (non-hydrogen) atoms. The van der Waals surface area contributed by atoms with Gasteiger partial charge in [-0.3, -0.25) is 4.79 Å². The number of benzene rings is 4. The Balaban J connectivity index is 1.61. The zero-order valence-electron chi connectivity index (χ0n) is 18.8. The maximum absolute atomic E-state index is 13.2. The van der Waals surface area contributed by atoms with Gasteiger partial charge in [0.1, 0.15) is 5.82 Å². The first-order valence-electron chi connectivity index (χ1n) is 11.2. The number of nitrogens with one attached hydrogen (secondary N) is 1. The molecule has 1 aromatic heterocycles. The summed E-state index contributed by atoms with van der Waals surface area (Å²) in [6.45, 7) is 0. The van der Waals surface area contributed by atoms with Crippen LogP contribution in [0.4, 0.5) is 4.39 Å². The van der Waals surface area contributed by atoms with Crippen LogP contribution in [0.2, 0.25) is 0 Å². The summed E-state index contributed by atoms with van der Waals surface area (Å²) in [7, 11) is 0. The number of hydrazone groups is 1. The molecule has 1 amide bonds. The van der Waals surface area contributed by atoms with Crippen molar-refractivity contribution in [2.75, 3.05) is 0 Å². The van der Waals surface area contributed by atoms with Gasteiger partial charge in [-0.2, -0.15) is 5.10 Å². The molecule has 0 spiro atoms. The molecule has 1 N–H and O–H groups in total. The molecule has 1 heterocycles. The van der Waals surface area contributed by atoms with Gasteiger partial charge < -0.3 is 4.57 Å². The van der Waals surface area contributed by atoms with Crippen LogP contribution in [-0.4, -0.2) is 16.7 Å². The number of nitrogens with zero attached hydrogens (tertiary/aromatic N) is 2. The molecule has 5 aromatic rings. The van der Waals surface area contributed by atoms with Crippen molar-refractivity contribution in [2.45, 2.75) is 0 Å². The molecule has 170 valence electrons. The van der Waals surface area contributed by atoms with Gasteiger partial charge in [0.2, 0.25) is 0 Å². The van der Waals surface area contributed by atoms with E-state index in [1.165, 1.54) is 24.3 Å². The van der Waals surface area contributed by atoms with Crippen LogP contribution < -0.4 is 5.43 Å². The minimum absolute atomic E-state index is 0.332. The lowest BCUT2D eigenvalue weighted by Gasteiger charge is -2.15. The van der Waals surface area contributed by atoms with Crippen molar-refractivity contribution >= 4 is 12.1 Å². The number of rotatable bonds is 6. The average molecular weight is 460 g/mol. The molecule has 0 aliphatic rings. The number of carbonyl (C=O) groups is 1. The highest BCUT2D eigenvalue weighted by Crippen LogP contribution is 2.35. The third-order valence-electron chi connectivity index (χ3n) is 5.64. The van der Waals surface area contributed by atoms with E-state index in [0.29, 0.717) is 5.56 Å². The third kappa shape index (κ3) is 4.80. The fourth-order valence-corrected chi connectivity index (χ4v) is 4.01. The topological polar surface area (TPSA) is 46.4 Å². The molecule has 5 heteroatoms. The molecular weight excluding hydrogens is 437 g/mol. The van der Waals surface area contributed by atoms with Gasteiger partial charge in [0, 0.05) is 16.8 Å². The van der Waals surface area contributed by atoms with Gasteiger partial charge in [0.15, 0.2) is 0 Å². The molecule has 0 radical (unpaired) electrons. The minimum atomic E-state index is -0.409. The highest BCUT2D eigenvalue weighted by Gasteiger charge is 2.18. The Morgan fingerprint density at radius 3 is 1.94 bits per heavy atom. The Bertz CT molecular complexity index is 1460. The number of para-hydroxylation sites is 1. The Morgan fingerprint density at radius 2 is 1.31 bits per heavy atom. The predicted molar refractivity (Wildman–Crippen MR) is 138 cm³/mol. The lowest BCUT2D eigenvalue weighted by molar-refractivity contribution is 0.0955. The summed E-state index contributed by atoms with van der Waals surface area (Å²) in [5.41, 5.74) is 8.78. The van der Waals surface area contributed by atoms with Crippen molar-refractivity contribution in [3.05, 3.63) is 138 Å². The Hall–Kier alpha value is -4.77.